The summed E-state index contributed by atoms with van der Waals surface area (Å²) in [6.45, 7) is -0.0816. The first-order chi connectivity index (χ1) is 12.0. The van der Waals surface area contributed by atoms with Gasteiger partial charge in [0.25, 0.3) is 11.8 Å². The summed E-state index contributed by atoms with van der Waals surface area (Å²) in [6.07, 6.45) is 5.13. The van der Waals surface area contributed by atoms with Crippen molar-refractivity contribution >= 4 is 23.5 Å². The van der Waals surface area contributed by atoms with Gasteiger partial charge in [-0.3, -0.25) is 14.4 Å². The molecule has 3 rings (SSSR count). The van der Waals surface area contributed by atoms with E-state index in [4.69, 9.17) is 4.74 Å². The van der Waals surface area contributed by atoms with Crippen molar-refractivity contribution in [3.05, 3.63) is 23.8 Å². The van der Waals surface area contributed by atoms with Gasteiger partial charge < -0.3 is 20.5 Å². The van der Waals surface area contributed by atoms with E-state index in [1.807, 2.05) is 0 Å². The topological polar surface area (TPSA) is 105 Å². The van der Waals surface area contributed by atoms with Gasteiger partial charge >= 0.3 is 5.97 Å². The molecule has 1 aromatic carbocycles. The molecule has 1 aromatic rings. The lowest BCUT2D eigenvalue weighted by Crippen LogP contribution is -2.44. The molecule has 2 aliphatic rings. The molecule has 0 saturated heterocycles. The highest BCUT2D eigenvalue weighted by atomic mass is 16.5. The van der Waals surface area contributed by atoms with Gasteiger partial charge in [0.15, 0.2) is 6.61 Å². The maximum absolute atomic E-state index is 12.6. The number of rotatable bonds is 3. The Morgan fingerprint density at radius 2 is 1.92 bits per heavy atom. The number of ether oxygens (including phenoxy) is 1. The van der Waals surface area contributed by atoms with Crippen molar-refractivity contribution in [1.29, 1.82) is 0 Å². The van der Waals surface area contributed by atoms with Crippen LogP contribution in [0, 0.1) is 5.92 Å². The Balaban J connectivity index is 1.73. The van der Waals surface area contributed by atoms with Gasteiger partial charge in [-0.15, -0.1) is 0 Å². The molecule has 3 N–H and O–H groups in total. The minimum Gasteiger partial charge on any atom is -0.482 e. The maximum Gasteiger partial charge on any atom is 0.308 e. The van der Waals surface area contributed by atoms with Crippen LogP contribution in [-0.4, -0.2) is 35.5 Å². The van der Waals surface area contributed by atoms with Crippen LogP contribution in [0.5, 0.6) is 5.75 Å². The molecule has 7 heteroatoms. The fourth-order valence-electron chi connectivity index (χ4n) is 3.42. The number of anilines is 1. The lowest BCUT2D eigenvalue weighted by atomic mass is 9.86. The monoisotopic (exact) mass is 346 g/mol. The zero-order valence-electron chi connectivity index (χ0n) is 13.9. The number of fused-ring (bicyclic) bond motifs is 1. The maximum atomic E-state index is 12.6. The Labute approximate surface area is 145 Å². The molecule has 7 nitrogen and oxygen atoms in total. The first-order valence-corrected chi connectivity index (χ1v) is 8.65. The molecule has 0 aromatic heterocycles. The fourth-order valence-corrected chi connectivity index (χ4v) is 3.42. The summed E-state index contributed by atoms with van der Waals surface area (Å²) in [6, 6.07) is 4.42. The Kier molecular flexibility index (Phi) is 5.21. The number of aliphatic carboxylic acids is 1. The molecule has 2 amide bonds. The van der Waals surface area contributed by atoms with Crippen LogP contribution >= 0.6 is 0 Å². The molecule has 1 heterocycles. The number of hydrogen-bond donors (Lipinski definition) is 3. The minimum atomic E-state index is -0.858. The third-order valence-electron chi connectivity index (χ3n) is 4.78. The standard InChI is InChI=1S/C18H22N2O5/c21-16-10-25-15-9-11(7-8-14(15)19-16)17(22)20-13-6-4-2-1-3-5-12(13)18(23)24/h7-9,12-13H,1-6,10H2,(H,19,21)(H,20,22)(H,23,24). The molecule has 1 fully saturated rings. The second-order valence-electron chi connectivity index (χ2n) is 6.56. The van der Waals surface area contributed by atoms with Crippen LogP contribution in [-0.2, 0) is 9.59 Å². The highest BCUT2D eigenvalue weighted by molar-refractivity contribution is 5.99. The Hall–Kier alpha value is -2.57. The lowest BCUT2D eigenvalue weighted by molar-refractivity contribution is -0.143. The molecule has 1 saturated carbocycles. The number of carboxylic acids is 1. The quantitative estimate of drug-likeness (QED) is 0.778. The average molecular weight is 346 g/mol. The normalized spacial score (nSPS) is 23.3. The van der Waals surface area contributed by atoms with Gasteiger partial charge in [-0.1, -0.05) is 25.7 Å². The van der Waals surface area contributed by atoms with Crippen molar-refractivity contribution in [3.63, 3.8) is 0 Å². The molecule has 25 heavy (non-hydrogen) atoms. The molecule has 2 unspecified atom stereocenters. The van der Waals surface area contributed by atoms with Crippen molar-refractivity contribution < 1.29 is 24.2 Å². The van der Waals surface area contributed by atoms with E-state index in [2.05, 4.69) is 10.6 Å². The fraction of sp³-hybridized carbons (Fsp3) is 0.500. The Morgan fingerprint density at radius 1 is 1.16 bits per heavy atom. The second-order valence-corrected chi connectivity index (χ2v) is 6.56. The predicted molar refractivity (Wildman–Crippen MR) is 90.6 cm³/mol. The number of amides is 2. The zero-order valence-corrected chi connectivity index (χ0v) is 13.9. The van der Waals surface area contributed by atoms with E-state index in [0.29, 0.717) is 29.8 Å². The summed E-state index contributed by atoms with van der Waals surface area (Å²) in [5.74, 6) is -1.52. The van der Waals surface area contributed by atoms with Gasteiger partial charge in [0, 0.05) is 11.6 Å². The molecule has 0 radical (unpaired) electrons. The number of carboxylic acid groups (broad SMARTS) is 1. The van der Waals surface area contributed by atoms with Crippen LogP contribution in [0.3, 0.4) is 0 Å². The van der Waals surface area contributed by atoms with Gasteiger partial charge in [-0.2, -0.15) is 0 Å². The van der Waals surface area contributed by atoms with Crippen LogP contribution < -0.4 is 15.4 Å². The van der Waals surface area contributed by atoms with Gasteiger partial charge in [-0.05, 0) is 31.0 Å². The van der Waals surface area contributed by atoms with E-state index in [1.54, 1.807) is 18.2 Å². The Morgan fingerprint density at radius 3 is 2.68 bits per heavy atom. The summed E-state index contributed by atoms with van der Waals surface area (Å²) in [7, 11) is 0. The lowest BCUT2D eigenvalue weighted by Gasteiger charge is -2.27. The summed E-state index contributed by atoms with van der Waals surface area (Å²) in [5.41, 5.74) is 0.920. The summed E-state index contributed by atoms with van der Waals surface area (Å²) in [4.78, 5) is 35.4. The predicted octanol–water partition coefficient (Wildman–Crippen LogP) is 2.17. The summed E-state index contributed by atoms with van der Waals surface area (Å²) < 4.78 is 5.33. The highest BCUT2D eigenvalue weighted by Gasteiger charge is 2.30. The number of carbonyl (C=O) groups excluding carboxylic acids is 2. The van der Waals surface area contributed by atoms with E-state index in [1.165, 1.54) is 0 Å². The van der Waals surface area contributed by atoms with Crippen LogP contribution in [0.25, 0.3) is 0 Å². The first kappa shape index (κ1) is 17.3. The van der Waals surface area contributed by atoms with Gasteiger partial charge in [0.1, 0.15) is 5.75 Å². The van der Waals surface area contributed by atoms with E-state index in [-0.39, 0.29) is 24.5 Å². The third kappa shape index (κ3) is 4.10. The van der Waals surface area contributed by atoms with Crippen LogP contribution in [0.4, 0.5) is 5.69 Å². The van der Waals surface area contributed by atoms with Crippen molar-refractivity contribution in [2.75, 3.05) is 11.9 Å². The largest absolute Gasteiger partial charge is 0.482 e. The molecule has 0 bridgehead atoms. The average Bonchev–Trinajstić information content (AvgIpc) is 2.56. The number of benzene rings is 1. The minimum absolute atomic E-state index is 0.0816. The molecule has 0 spiro atoms. The Bertz CT molecular complexity index is 688. The second kappa shape index (κ2) is 7.55. The third-order valence-corrected chi connectivity index (χ3v) is 4.78. The van der Waals surface area contributed by atoms with Gasteiger partial charge in [0.05, 0.1) is 11.6 Å². The van der Waals surface area contributed by atoms with E-state index in [0.717, 1.165) is 25.7 Å². The summed E-state index contributed by atoms with van der Waals surface area (Å²) >= 11 is 0. The summed E-state index contributed by atoms with van der Waals surface area (Å²) in [5, 5.41) is 15.0. The molecular weight excluding hydrogens is 324 g/mol. The number of hydrogen-bond acceptors (Lipinski definition) is 4. The van der Waals surface area contributed by atoms with E-state index < -0.39 is 11.9 Å². The van der Waals surface area contributed by atoms with Crippen molar-refractivity contribution in [1.82, 2.24) is 5.32 Å². The van der Waals surface area contributed by atoms with Gasteiger partial charge in [0.2, 0.25) is 0 Å². The highest BCUT2D eigenvalue weighted by Crippen LogP contribution is 2.29. The number of nitrogens with one attached hydrogen (secondary N) is 2. The van der Waals surface area contributed by atoms with Crippen molar-refractivity contribution in [2.45, 2.75) is 44.6 Å². The van der Waals surface area contributed by atoms with Crippen molar-refractivity contribution in [3.8, 4) is 5.75 Å². The smallest absolute Gasteiger partial charge is 0.308 e. The molecular formula is C18H22N2O5. The van der Waals surface area contributed by atoms with Crippen LogP contribution in [0.1, 0.15) is 48.9 Å². The van der Waals surface area contributed by atoms with Crippen LogP contribution in [0.2, 0.25) is 0 Å². The molecule has 134 valence electrons. The van der Waals surface area contributed by atoms with Gasteiger partial charge in [-0.25, -0.2) is 0 Å². The van der Waals surface area contributed by atoms with Crippen LogP contribution in [0.15, 0.2) is 18.2 Å². The van der Waals surface area contributed by atoms with E-state index in [9.17, 15) is 19.5 Å². The molecule has 2 atom stereocenters. The SMILES string of the molecule is O=C1COc2cc(C(=O)NC3CCCCCCC3C(=O)O)ccc2N1. The number of carbonyl (C=O) groups is 3. The zero-order chi connectivity index (χ0) is 17.8. The van der Waals surface area contributed by atoms with Crippen molar-refractivity contribution in [2.24, 2.45) is 5.92 Å². The molecule has 1 aliphatic carbocycles. The molecule has 1 aliphatic heterocycles. The first-order valence-electron chi connectivity index (χ1n) is 8.65. The van der Waals surface area contributed by atoms with E-state index >= 15 is 0 Å².